The molecule has 0 fully saturated rings. The third-order valence-corrected chi connectivity index (χ3v) is 1.90. The van der Waals surface area contributed by atoms with Gasteiger partial charge in [0.15, 0.2) is 0 Å². The fraction of sp³-hybridized carbons (Fsp3) is 0.500. The van der Waals surface area contributed by atoms with Crippen molar-refractivity contribution in [1.29, 1.82) is 0 Å². The minimum atomic E-state index is 0.730. The molecule has 0 unspecified atom stereocenters. The van der Waals surface area contributed by atoms with Crippen LogP contribution in [-0.4, -0.2) is 23.6 Å². The third kappa shape index (κ3) is 3.36. The van der Waals surface area contributed by atoms with E-state index in [1.165, 1.54) is 5.57 Å². The molecule has 1 aliphatic carbocycles. The largest absolute Gasteiger partial charge is 0.361 e. The number of rotatable bonds is 4. The Kier molecular flexibility index (Phi) is 4.16. The highest BCUT2D eigenvalue weighted by atomic mass is 14.9. The average molecular weight is 177 g/mol. The van der Waals surface area contributed by atoms with Crippen molar-refractivity contribution in [3.8, 4) is 0 Å². The predicted molar refractivity (Wildman–Crippen MR) is 53.6 cm³/mol. The molecule has 0 saturated heterocycles. The van der Waals surface area contributed by atoms with Gasteiger partial charge in [-0.05, 0) is 18.5 Å². The lowest BCUT2D eigenvalue weighted by Crippen LogP contribution is -2.18. The molecule has 0 aromatic carbocycles. The van der Waals surface area contributed by atoms with Gasteiger partial charge in [-0.2, -0.15) is 4.79 Å². The van der Waals surface area contributed by atoms with Crippen LogP contribution in [0.1, 0.15) is 19.8 Å². The fourth-order valence-electron chi connectivity index (χ4n) is 1.24. The summed E-state index contributed by atoms with van der Waals surface area (Å²) in [6.45, 7) is 4.01. The minimum absolute atomic E-state index is 0.730. The second-order valence-electron chi connectivity index (χ2n) is 3.09. The lowest BCUT2D eigenvalue weighted by Gasteiger charge is -2.05. The minimum Gasteiger partial charge on any atom is -0.361 e. The van der Waals surface area contributed by atoms with E-state index in [1.807, 2.05) is 12.2 Å². The van der Waals surface area contributed by atoms with Crippen molar-refractivity contribution in [2.75, 3.05) is 13.1 Å². The van der Waals surface area contributed by atoms with Crippen LogP contribution < -0.4 is 5.32 Å². The summed E-state index contributed by atoms with van der Waals surface area (Å²) in [5.41, 5.74) is 10.5. The molecule has 3 nitrogen and oxygen atoms in total. The highest BCUT2D eigenvalue weighted by molar-refractivity contribution is 5.93. The highest BCUT2D eigenvalue weighted by Gasteiger charge is 2.07. The van der Waals surface area contributed by atoms with Gasteiger partial charge in [0.1, 0.15) is 0 Å². The summed E-state index contributed by atoms with van der Waals surface area (Å²) in [5.74, 6) is 0. The predicted octanol–water partition coefficient (Wildman–Crippen LogP) is 1.54. The molecule has 0 amide bonds. The second kappa shape index (κ2) is 5.46. The number of nitrogens with one attached hydrogen (secondary N) is 1. The Morgan fingerprint density at radius 2 is 2.46 bits per heavy atom. The molecular formula is C10H15N3. The van der Waals surface area contributed by atoms with Gasteiger partial charge in [-0.25, -0.2) is 0 Å². The Morgan fingerprint density at radius 1 is 1.62 bits per heavy atom. The van der Waals surface area contributed by atoms with Crippen molar-refractivity contribution in [2.45, 2.75) is 19.8 Å². The highest BCUT2D eigenvalue weighted by Crippen LogP contribution is 2.05. The molecular weight excluding hydrogens is 162 g/mol. The zero-order valence-corrected chi connectivity index (χ0v) is 7.95. The molecule has 13 heavy (non-hydrogen) atoms. The van der Waals surface area contributed by atoms with Crippen molar-refractivity contribution in [3.63, 3.8) is 0 Å². The first-order valence-electron chi connectivity index (χ1n) is 4.65. The number of nitrogens with zero attached hydrogens (tertiary/aromatic N) is 2. The Morgan fingerprint density at radius 3 is 3.15 bits per heavy atom. The van der Waals surface area contributed by atoms with Gasteiger partial charge in [-0.3, -0.25) is 0 Å². The van der Waals surface area contributed by atoms with Crippen molar-refractivity contribution < 1.29 is 4.79 Å². The summed E-state index contributed by atoms with van der Waals surface area (Å²) in [7, 11) is 0. The van der Waals surface area contributed by atoms with Gasteiger partial charge in [-0.1, -0.05) is 19.1 Å². The lowest BCUT2D eigenvalue weighted by atomic mass is 10.1. The summed E-state index contributed by atoms with van der Waals surface area (Å²) in [5, 5.41) is 3.29. The molecule has 0 bridgehead atoms. The van der Waals surface area contributed by atoms with Crippen LogP contribution in [0.15, 0.2) is 23.8 Å². The molecule has 0 atom stereocenters. The maximum Gasteiger partial charge on any atom is 0.296 e. The number of allylic oxidation sites excluding steroid dienone is 2. The Balaban J connectivity index is 2.45. The molecule has 0 aromatic heterocycles. The Hall–Kier alpha value is -1.18. The summed E-state index contributed by atoms with van der Waals surface area (Å²) in [6.07, 6.45) is 7.86. The Labute approximate surface area is 78.8 Å². The first kappa shape index (κ1) is 9.90. The van der Waals surface area contributed by atoms with Crippen LogP contribution in [0, 0.1) is 0 Å². The molecule has 0 radical (unpaired) electrons. The molecule has 0 aromatic rings. The van der Waals surface area contributed by atoms with Crippen molar-refractivity contribution in [1.82, 2.24) is 5.32 Å². The Bertz CT molecular complexity index is 270. The van der Waals surface area contributed by atoms with Crippen LogP contribution in [0.25, 0.3) is 5.53 Å². The van der Waals surface area contributed by atoms with E-state index in [0.717, 1.165) is 31.6 Å². The smallest absolute Gasteiger partial charge is 0.296 e. The van der Waals surface area contributed by atoms with Gasteiger partial charge < -0.3 is 10.8 Å². The van der Waals surface area contributed by atoms with Gasteiger partial charge in [0, 0.05) is 12.6 Å². The van der Waals surface area contributed by atoms with Gasteiger partial charge in [0.05, 0.1) is 6.42 Å². The van der Waals surface area contributed by atoms with Gasteiger partial charge >= 0.3 is 0 Å². The van der Waals surface area contributed by atoms with E-state index in [0.29, 0.717) is 0 Å². The van der Waals surface area contributed by atoms with Crippen LogP contribution >= 0.6 is 0 Å². The topological polar surface area (TPSA) is 48.4 Å². The molecule has 3 heteroatoms. The third-order valence-electron chi connectivity index (χ3n) is 1.90. The zero-order valence-electron chi connectivity index (χ0n) is 7.95. The van der Waals surface area contributed by atoms with Crippen LogP contribution in [0.4, 0.5) is 0 Å². The molecule has 0 spiro atoms. The number of hydrogen-bond donors (Lipinski definition) is 1. The standard InChI is InChI=1S/C10H15N3/c1-2-6-12-8-9-4-3-5-10(7-9)13-11/h3-4,7,12H,2,5-6,8H2,1H3. The van der Waals surface area contributed by atoms with Crippen LogP contribution in [0.2, 0.25) is 0 Å². The summed E-state index contributed by atoms with van der Waals surface area (Å²) in [4.78, 5) is 3.19. The van der Waals surface area contributed by atoms with Crippen LogP contribution in [-0.2, 0) is 0 Å². The van der Waals surface area contributed by atoms with Crippen molar-refractivity contribution >= 4 is 5.71 Å². The summed E-state index contributed by atoms with van der Waals surface area (Å²) in [6, 6.07) is 0. The maximum atomic E-state index is 8.57. The quantitative estimate of drug-likeness (QED) is 0.395. The molecule has 0 saturated carbocycles. The molecule has 1 rings (SSSR count). The van der Waals surface area contributed by atoms with Gasteiger partial charge in [0.2, 0.25) is 0 Å². The van der Waals surface area contributed by atoms with Gasteiger partial charge in [-0.15, -0.1) is 0 Å². The van der Waals surface area contributed by atoms with E-state index < -0.39 is 0 Å². The average Bonchev–Trinajstić information content (AvgIpc) is 2.19. The summed E-state index contributed by atoms with van der Waals surface area (Å²) >= 11 is 0. The van der Waals surface area contributed by atoms with E-state index in [2.05, 4.69) is 23.1 Å². The monoisotopic (exact) mass is 177 g/mol. The van der Waals surface area contributed by atoms with Crippen molar-refractivity contribution in [2.24, 2.45) is 0 Å². The number of hydrogen-bond acceptors (Lipinski definition) is 1. The molecule has 0 heterocycles. The van der Waals surface area contributed by atoms with Crippen molar-refractivity contribution in [3.05, 3.63) is 29.3 Å². The van der Waals surface area contributed by atoms with Crippen LogP contribution in [0.3, 0.4) is 0 Å². The van der Waals surface area contributed by atoms with E-state index in [9.17, 15) is 0 Å². The lowest BCUT2D eigenvalue weighted by molar-refractivity contribution is -0.00544. The van der Waals surface area contributed by atoms with Crippen LogP contribution in [0.5, 0.6) is 0 Å². The maximum absolute atomic E-state index is 8.57. The first-order chi connectivity index (χ1) is 6.36. The molecule has 1 N–H and O–H groups in total. The van der Waals surface area contributed by atoms with E-state index in [1.54, 1.807) is 0 Å². The summed E-state index contributed by atoms with van der Waals surface area (Å²) < 4.78 is 0. The SMILES string of the molecule is CCCNCC1=CC(=[N+]=[N-])CC=C1. The van der Waals surface area contributed by atoms with E-state index in [4.69, 9.17) is 5.53 Å². The molecule has 70 valence electrons. The van der Waals surface area contributed by atoms with E-state index in [-0.39, 0.29) is 0 Å². The van der Waals surface area contributed by atoms with Gasteiger partial charge in [0.25, 0.3) is 5.71 Å². The molecule has 1 aliphatic rings. The van der Waals surface area contributed by atoms with E-state index >= 15 is 0 Å². The normalized spacial score (nSPS) is 15.5. The first-order valence-corrected chi connectivity index (χ1v) is 4.65. The second-order valence-corrected chi connectivity index (χ2v) is 3.09. The fourth-order valence-corrected chi connectivity index (χ4v) is 1.24. The molecule has 0 aliphatic heterocycles. The zero-order chi connectivity index (χ0) is 9.52.